The highest BCUT2D eigenvalue weighted by atomic mass is 79.9. The minimum absolute atomic E-state index is 0.281. The molecule has 0 fully saturated rings. The SMILES string of the molecule is [O]c1ccc(Br)nc1[N+](=O)[O-]. The molecule has 1 radical (unpaired) electrons. The van der Waals surface area contributed by atoms with E-state index in [2.05, 4.69) is 20.9 Å². The molecule has 0 aliphatic rings. The number of rotatable bonds is 1. The molecule has 6 heteroatoms. The second-order valence-corrected chi connectivity index (χ2v) is 2.53. The van der Waals surface area contributed by atoms with Gasteiger partial charge in [-0.25, -0.2) is 0 Å². The Hall–Kier alpha value is -1.17. The second-order valence-electron chi connectivity index (χ2n) is 1.71. The van der Waals surface area contributed by atoms with Gasteiger partial charge in [0.2, 0.25) is 4.60 Å². The zero-order valence-corrected chi connectivity index (χ0v) is 6.74. The fraction of sp³-hybridized carbons (Fsp3) is 0. The van der Waals surface area contributed by atoms with Crippen molar-refractivity contribution in [3.8, 4) is 5.75 Å². The van der Waals surface area contributed by atoms with Crippen LogP contribution in [0.25, 0.3) is 0 Å². The standard InChI is InChI=1S/C5H2BrN2O3/c6-4-2-1-3(9)5(7-4)8(10)11/h1-2H. The van der Waals surface area contributed by atoms with Crippen LogP contribution in [0.1, 0.15) is 0 Å². The molecule has 0 amide bonds. The predicted molar refractivity (Wildman–Crippen MR) is 38.7 cm³/mol. The molecule has 0 saturated carbocycles. The van der Waals surface area contributed by atoms with Crippen molar-refractivity contribution in [2.45, 2.75) is 0 Å². The van der Waals surface area contributed by atoms with Crippen molar-refractivity contribution in [2.24, 2.45) is 0 Å². The number of halogens is 1. The first kappa shape index (κ1) is 7.93. The minimum atomic E-state index is -0.812. The molecule has 57 valence electrons. The van der Waals surface area contributed by atoms with Crippen molar-refractivity contribution in [1.82, 2.24) is 4.98 Å². The lowest BCUT2D eigenvalue weighted by Crippen LogP contribution is -1.91. The molecule has 0 aliphatic heterocycles. The Balaban J connectivity index is 3.23. The molecule has 5 nitrogen and oxygen atoms in total. The summed E-state index contributed by atoms with van der Waals surface area (Å²) < 4.78 is 0.281. The Kier molecular flexibility index (Phi) is 2.04. The van der Waals surface area contributed by atoms with Crippen molar-refractivity contribution in [3.05, 3.63) is 26.9 Å². The van der Waals surface area contributed by atoms with Crippen LogP contribution < -0.4 is 0 Å². The molecule has 0 bridgehead atoms. The van der Waals surface area contributed by atoms with E-state index in [1.165, 1.54) is 6.07 Å². The molecule has 0 N–H and O–H groups in total. The van der Waals surface area contributed by atoms with Gasteiger partial charge in [0, 0.05) is 22.0 Å². The van der Waals surface area contributed by atoms with Crippen LogP contribution in [0.3, 0.4) is 0 Å². The molecule has 0 spiro atoms. The number of nitrogens with zero attached hydrogens (tertiary/aromatic N) is 2. The van der Waals surface area contributed by atoms with E-state index in [9.17, 15) is 15.2 Å². The topological polar surface area (TPSA) is 75.9 Å². The van der Waals surface area contributed by atoms with E-state index in [1.807, 2.05) is 0 Å². The molecule has 1 aromatic rings. The quantitative estimate of drug-likeness (QED) is 0.410. The van der Waals surface area contributed by atoms with Crippen molar-refractivity contribution in [3.63, 3.8) is 0 Å². The van der Waals surface area contributed by atoms with Gasteiger partial charge in [-0.2, -0.15) is 0 Å². The first-order chi connectivity index (χ1) is 5.11. The summed E-state index contributed by atoms with van der Waals surface area (Å²) in [5, 5.41) is 20.8. The fourth-order valence-electron chi connectivity index (χ4n) is 0.543. The van der Waals surface area contributed by atoms with E-state index < -0.39 is 16.5 Å². The summed E-state index contributed by atoms with van der Waals surface area (Å²) >= 11 is 2.91. The zero-order chi connectivity index (χ0) is 8.43. The highest BCUT2D eigenvalue weighted by Crippen LogP contribution is 2.24. The molecule has 1 heterocycles. The lowest BCUT2D eigenvalue weighted by atomic mass is 10.4. The fourth-order valence-corrected chi connectivity index (χ4v) is 0.843. The lowest BCUT2D eigenvalue weighted by molar-refractivity contribution is -0.391. The monoisotopic (exact) mass is 217 g/mol. The van der Waals surface area contributed by atoms with E-state index in [0.717, 1.165) is 6.07 Å². The van der Waals surface area contributed by atoms with Gasteiger partial charge in [-0.05, 0) is 16.0 Å². The molecule has 1 rings (SSSR count). The maximum absolute atomic E-state index is 10.7. The van der Waals surface area contributed by atoms with Crippen molar-refractivity contribution >= 4 is 21.7 Å². The van der Waals surface area contributed by atoms with E-state index in [1.54, 1.807) is 0 Å². The molecule has 0 saturated heterocycles. The van der Waals surface area contributed by atoms with Gasteiger partial charge in [0.1, 0.15) is 0 Å². The molecule has 0 aromatic carbocycles. The zero-order valence-electron chi connectivity index (χ0n) is 5.15. The van der Waals surface area contributed by atoms with Gasteiger partial charge in [0.25, 0.3) is 5.75 Å². The third kappa shape index (κ3) is 1.64. The molecular weight excluding hydrogens is 216 g/mol. The summed E-state index contributed by atoms with van der Waals surface area (Å²) in [6, 6.07) is 2.45. The van der Waals surface area contributed by atoms with Gasteiger partial charge >= 0.3 is 5.82 Å². The summed E-state index contributed by atoms with van der Waals surface area (Å²) in [6.45, 7) is 0. The van der Waals surface area contributed by atoms with Crippen molar-refractivity contribution in [2.75, 3.05) is 0 Å². The van der Waals surface area contributed by atoms with Gasteiger partial charge in [-0.1, -0.05) is 0 Å². The third-order valence-corrected chi connectivity index (χ3v) is 1.42. The average molecular weight is 218 g/mol. The van der Waals surface area contributed by atoms with Gasteiger partial charge in [0.15, 0.2) is 0 Å². The summed E-state index contributed by atoms with van der Waals surface area (Å²) in [6.07, 6.45) is 0. The van der Waals surface area contributed by atoms with Crippen LogP contribution in [0.2, 0.25) is 0 Å². The number of aromatic nitrogens is 1. The summed E-state index contributed by atoms with van der Waals surface area (Å²) in [4.78, 5) is 12.7. The van der Waals surface area contributed by atoms with Crippen LogP contribution in [0, 0.1) is 10.1 Å². The average Bonchev–Trinajstić information content (AvgIpc) is 1.94. The van der Waals surface area contributed by atoms with E-state index in [-0.39, 0.29) is 4.60 Å². The van der Waals surface area contributed by atoms with Gasteiger partial charge < -0.3 is 10.1 Å². The molecule has 0 aliphatic carbocycles. The van der Waals surface area contributed by atoms with Gasteiger partial charge in [-0.15, -0.1) is 0 Å². The summed E-state index contributed by atoms with van der Waals surface area (Å²) in [5.74, 6) is -1.34. The van der Waals surface area contributed by atoms with Crippen LogP contribution in [0.15, 0.2) is 16.7 Å². The number of hydrogen-bond donors (Lipinski definition) is 0. The maximum Gasteiger partial charge on any atom is 0.412 e. The van der Waals surface area contributed by atoms with Gasteiger partial charge in [0.05, 0.1) is 0 Å². The normalized spacial score (nSPS) is 9.55. The minimum Gasteiger partial charge on any atom is -0.358 e. The first-order valence-corrected chi connectivity index (χ1v) is 3.38. The summed E-state index contributed by atoms with van der Waals surface area (Å²) in [7, 11) is 0. The van der Waals surface area contributed by atoms with E-state index in [4.69, 9.17) is 0 Å². The Morgan fingerprint density at radius 3 is 2.64 bits per heavy atom. The Labute approximate surface area is 70.0 Å². The smallest absolute Gasteiger partial charge is 0.358 e. The molecule has 1 aromatic heterocycles. The predicted octanol–water partition coefficient (Wildman–Crippen LogP) is 1.90. The number of nitro groups is 1. The first-order valence-electron chi connectivity index (χ1n) is 2.59. The third-order valence-electron chi connectivity index (χ3n) is 0.978. The number of pyridine rings is 1. The van der Waals surface area contributed by atoms with Crippen molar-refractivity contribution in [1.29, 1.82) is 0 Å². The molecule has 0 atom stereocenters. The Bertz CT molecular complexity index is 302. The Morgan fingerprint density at radius 1 is 1.55 bits per heavy atom. The Morgan fingerprint density at radius 2 is 2.18 bits per heavy atom. The van der Waals surface area contributed by atoms with E-state index >= 15 is 0 Å². The summed E-state index contributed by atoms with van der Waals surface area (Å²) in [5.41, 5.74) is 0. The van der Waals surface area contributed by atoms with E-state index in [0.29, 0.717) is 0 Å². The van der Waals surface area contributed by atoms with Crippen LogP contribution in [0.5, 0.6) is 5.75 Å². The number of hydrogen-bond acceptors (Lipinski definition) is 3. The maximum atomic E-state index is 10.7. The van der Waals surface area contributed by atoms with Crippen LogP contribution in [-0.4, -0.2) is 9.91 Å². The molecule has 11 heavy (non-hydrogen) atoms. The second kappa shape index (κ2) is 2.83. The largest absolute Gasteiger partial charge is 0.412 e. The highest BCUT2D eigenvalue weighted by molar-refractivity contribution is 9.10. The highest BCUT2D eigenvalue weighted by Gasteiger charge is 2.16. The molecular formula is C5H2BrN2O3. The van der Waals surface area contributed by atoms with Crippen molar-refractivity contribution < 1.29 is 10.0 Å². The van der Waals surface area contributed by atoms with Crippen LogP contribution in [-0.2, 0) is 5.11 Å². The van der Waals surface area contributed by atoms with Crippen LogP contribution in [0.4, 0.5) is 5.82 Å². The van der Waals surface area contributed by atoms with Gasteiger partial charge in [-0.3, -0.25) is 5.11 Å². The van der Waals surface area contributed by atoms with Crippen LogP contribution >= 0.6 is 15.9 Å². The lowest BCUT2D eigenvalue weighted by Gasteiger charge is -1.91. The molecule has 0 unspecified atom stereocenters.